The second-order valence-electron chi connectivity index (χ2n) is 7.36. The molecule has 0 bridgehead atoms. The van der Waals surface area contributed by atoms with E-state index in [1.165, 1.54) is 0 Å². The van der Waals surface area contributed by atoms with Crippen molar-refractivity contribution in [3.05, 3.63) is 46.8 Å². The smallest absolute Gasteiger partial charge is 0.276 e. The van der Waals surface area contributed by atoms with Gasteiger partial charge in [-0.3, -0.25) is 14.7 Å². The number of amides is 2. The molecule has 1 aliphatic heterocycles. The van der Waals surface area contributed by atoms with E-state index in [-0.39, 0.29) is 11.8 Å². The molecule has 6 nitrogen and oxygen atoms in total. The first-order valence-corrected chi connectivity index (χ1v) is 9.19. The third-order valence-electron chi connectivity index (χ3n) is 4.61. The van der Waals surface area contributed by atoms with Crippen LogP contribution in [-0.4, -0.2) is 40.0 Å². The number of hydrogen-bond acceptors (Lipinski definition) is 3. The molecule has 26 heavy (non-hydrogen) atoms. The van der Waals surface area contributed by atoms with Crippen LogP contribution in [0, 0.1) is 12.8 Å². The van der Waals surface area contributed by atoms with Crippen LogP contribution in [-0.2, 0) is 6.42 Å². The molecule has 0 spiro atoms. The van der Waals surface area contributed by atoms with Crippen molar-refractivity contribution >= 4 is 17.5 Å². The quantitative estimate of drug-likeness (QED) is 0.864. The van der Waals surface area contributed by atoms with Gasteiger partial charge in [-0.1, -0.05) is 13.8 Å². The minimum atomic E-state index is -0.252. The van der Waals surface area contributed by atoms with Crippen molar-refractivity contribution in [2.24, 2.45) is 5.92 Å². The molecule has 0 saturated carbocycles. The van der Waals surface area contributed by atoms with E-state index in [2.05, 4.69) is 29.4 Å². The van der Waals surface area contributed by atoms with Crippen LogP contribution in [0.25, 0.3) is 0 Å². The van der Waals surface area contributed by atoms with Gasteiger partial charge in [-0.15, -0.1) is 0 Å². The fraction of sp³-hybridized carbons (Fsp3) is 0.450. The van der Waals surface area contributed by atoms with Crippen molar-refractivity contribution in [2.75, 3.05) is 18.4 Å². The number of nitrogens with zero attached hydrogens (tertiary/aromatic N) is 2. The van der Waals surface area contributed by atoms with Gasteiger partial charge in [0.15, 0.2) is 5.69 Å². The number of likely N-dealkylation sites (tertiary alicyclic amines) is 1. The van der Waals surface area contributed by atoms with Gasteiger partial charge in [0, 0.05) is 30.0 Å². The van der Waals surface area contributed by atoms with Gasteiger partial charge < -0.3 is 10.2 Å². The molecule has 0 unspecified atom stereocenters. The van der Waals surface area contributed by atoms with Gasteiger partial charge in [0.1, 0.15) is 0 Å². The van der Waals surface area contributed by atoms with Gasteiger partial charge in [0.05, 0.1) is 0 Å². The lowest BCUT2D eigenvalue weighted by Crippen LogP contribution is -2.27. The monoisotopic (exact) mass is 354 g/mol. The molecule has 2 aromatic rings. The van der Waals surface area contributed by atoms with Gasteiger partial charge in [-0.05, 0) is 61.9 Å². The third-order valence-corrected chi connectivity index (χ3v) is 4.61. The molecule has 2 N–H and O–H groups in total. The first kappa shape index (κ1) is 18.2. The Labute approximate surface area is 154 Å². The molecule has 1 aromatic carbocycles. The number of anilines is 1. The van der Waals surface area contributed by atoms with Crippen molar-refractivity contribution in [2.45, 2.75) is 40.0 Å². The SMILES string of the molecule is Cc1cc(C(=O)N2CCCC2)ccc1NC(=O)c1cc(CC(C)C)[nH]n1. The summed E-state index contributed by atoms with van der Waals surface area (Å²) in [6, 6.07) is 7.19. The summed E-state index contributed by atoms with van der Waals surface area (Å²) in [5.41, 5.74) is 3.55. The molecule has 6 heteroatoms. The van der Waals surface area contributed by atoms with E-state index in [0.29, 0.717) is 22.9 Å². The van der Waals surface area contributed by atoms with E-state index >= 15 is 0 Å². The third kappa shape index (κ3) is 4.12. The predicted molar refractivity (Wildman–Crippen MR) is 101 cm³/mol. The standard InChI is InChI=1S/C20H26N4O2/c1-13(2)10-16-12-18(23-22-16)19(25)21-17-7-6-15(11-14(17)3)20(26)24-8-4-5-9-24/h6-7,11-13H,4-5,8-10H2,1-3H3,(H,21,25)(H,22,23). The van der Waals surface area contributed by atoms with Crippen molar-refractivity contribution in [1.82, 2.24) is 15.1 Å². The van der Waals surface area contributed by atoms with Crippen LogP contribution in [0.4, 0.5) is 5.69 Å². The largest absolute Gasteiger partial charge is 0.339 e. The first-order valence-electron chi connectivity index (χ1n) is 9.19. The Kier molecular flexibility index (Phi) is 5.40. The lowest BCUT2D eigenvalue weighted by atomic mass is 10.1. The molecule has 2 amide bonds. The zero-order valence-electron chi connectivity index (χ0n) is 15.6. The minimum Gasteiger partial charge on any atom is -0.339 e. The van der Waals surface area contributed by atoms with Gasteiger partial charge in [-0.25, -0.2) is 0 Å². The van der Waals surface area contributed by atoms with E-state index in [9.17, 15) is 9.59 Å². The molecular weight excluding hydrogens is 328 g/mol. The summed E-state index contributed by atoms with van der Waals surface area (Å²) in [4.78, 5) is 26.8. The number of benzene rings is 1. The minimum absolute atomic E-state index is 0.0640. The molecule has 1 aromatic heterocycles. The Hall–Kier alpha value is -2.63. The summed E-state index contributed by atoms with van der Waals surface area (Å²) >= 11 is 0. The average molecular weight is 354 g/mol. The summed E-state index contributed by atoms with van der Waals surface area (Å²) in [7, 11) is 0. The average Bonchev–Trinajstić information content (AvgIpc) is 3.27. The number of aryl methyl sites for hydroxylation is 1. The molecule has 0 radical (unpaired) electrons. The molecule has 2 heterocycles. The lowest BCUT2D eigenvalue weighted by Gasteiger charge is -2.16. The summed E-state index contributed by atoms with van der Waals surface area (Å²) in [5.74, 6) is 0.307. The van der Waals surface area contributed by atoms with Gasteiger partial charge in [0.2, 0.25) is 0 Å². The number of rotatable bonds is 5. The predicted octanol–water partition coefficient (Wildman–Crippen LogP) is 3.40. The molecule has 1 aliphatic rings. The number of H-pyrrole nitrogens is 1. The summed E-state index contributed by atoms with van der Waals surface area (Å²) in [6.07, 6.45) is 3.00. The number of aromatic amines is 1. The number of aromatic nitrogens is 2. The Morgan fingerprint density at radius 1 is 1.23 bits per heavy atom. The maximum Gasteiger partial charge on any atom is 0.276 e. The van der Waals surface area contributed by atoms with Crippen LogP contribution < -0.4 is 5.32 Å². The van der Waals surface area contributed by atoms with Crippen molar-refractivity contribution in [3.8, 4) is 0 Å². The number of hydrogen-bond donors (Lipinski definition) is 2. The maximum atomic E-state index is 12.5. The van der Waals surface area contributed by atoms with Gasteiger partial charge >= 0.3 is 0 Å². The summed E-state index contributed by atoms with van der Waals surface area (Å²) in [6.45, 7) is 7.79. The second kappa shape index (κ2) is 7.72. The van der Waals surface area contributed by atoms with E-state index in [1.807, 2.05) is 17.9 Å². The van der Waals surface area contributed by atoms with Crippen molar-refractivity contribution in [3.63, 3.8) is 0 Å². The fourth-order valence-electron chi connectivity index (χ4n) is 3.25. The van der Waals surface area contributed by atoms with Crippen LogP contribution in [0.15, 0.2) is 24.3 Å². The fourth-order valence-corrected chi connectivity index (χ4v) is 3.25. The highest BCUT2D eigenvalue weighted by Crippen LogP contribution is 2.20. The highest BCUT2D eigenvalue weighted by atomic mass is 16.2. The first-order chi connectivity index (χ1) is 12.4. The van der Waals surface area contributed by atoms with E-state index in [4.69, 9.17) is 0 Å². The molecule has 1 fully saturated rings. The van der Waals surface area contributed by atoms with Crippen LogP contribution in [0.5, 0.6) is 0 Å². The van der Waals surface area contributed by atoms with Crippen LogP contribution in [0.1, 0.15) is 58.8 Å². The van der Waals surface area contributed by atoms with E-state index in [1.54, 1.807) is 18.2 Å². The molecule has 0 aliphatic carbocycles. The second-order valence-corrected chi connectivity index (χ2v) is 7.36. The Bertz CT molecular complexity index is 804. The molecule has 138 valence electrons. The van der Waals surface area contributed by atoms with Crippen LogP contribution in [0.3, 0.4) is 0 Å². The summed E-state index contributed by atoms with van der Waals surface area (Å²) < 4.78 is 0. The maximum absolute atomic E-state index is 12.5. The van der Waals surface area contributed by atoms with Crippen LogP contribution in [0.2, 0.25) is 0 Å². The lowest BCUT2D eigenvalue weighted by molar-refractivity contribution is 0.0792. The summed E-state index contributed by atoms with van der Waals surface area (Å²) in [5, 5.41) is 9.89. The highest BCUT2D eigenvalue weighted by molar-refractivity contribution is 6.04. The molecule has 0 atom stereocenters. The number of carbonyl (C=O) groups excluding carboxylic acids is 2. The topological polar surface area (TPSA) is 78.1 Å². The molecular formula is C20H26N4O2. The zero-order valence-corrected chi connectivity index (χ0v) is 15.6. The number of carbonyl (C=O) groups is 2. The van der Waals surface area contributed by atoms with Gasteiger partial charge in [-0.2, -0.15) is 5.10 Å². The molecule has 1 saturated heterocycles. The van der Waals surface area contributed by atoms with Crippen molar-refractivity contribution in [1.29, 1.82) is 0 Å². The Balaban J connectivity index is 1.68. The van der Waals surface area contributed by atoms with E-state index < -0.39 is 0 Å². The Morgan fingerprint density at radius 3 is 2.62 bits per heavy atom. The normalized spacial score (nSPS) is 14.1. The Morgan fingerprint density at radius 2 is 1.96 bits per heavy atom. The molecule has 3 rings (SSSR count). The van der Waals surface area contributed by atoms with E-state index in [0.717, 1.165) is 43.6 Å². The number of nitrogens with one attached hydrogen (secondary N) is 2. The van der Waals surface area contributed by atoms with Crippen molar-refractivity contribution < 1.29 is 9.59 Å². The van der Waals surface area contributed by atoms with Crippen LogP contribution >= 0.6 is 0 Å². The zero-order chi connectivity index (χ0) is 18.7. The highest BCUT2D eigenvalue weighted by Gasteiger charge is 2.20. The van der Waals surface area contributed by atoms with Gasteiger partial charge in [0.25, 0.3) is 11.8 Å².